The quantitative estimate of drug-likeness (QED) is 0.165. The fourth-order valence-corrected chi connectivity index (χ4v) is 4.94. The van der Waals surface area contributed by atoms with E-state index in [0.29, 0.717) is 42.6 Å². The molecule has 0 atom stereocenters. The van der Waals surface area contributed by atoms with Crippen LogP contribution in [0.2, 0.25) is 20.1 Å². The molecular formula is C21H14Cl4N8O2S2. The van der Waals surface area contributed by atoms with Gasteiger partial charge in [0.05, 0.1) is 17.7 Å². The van der Waals surface area contributed by atoms with Gasteiger partial charge in [0, 0.05) is 20.1 Å². The molecule has 0 saturated heterocycles. The second-order valence-corrected chi connectivity index (χ2v) is 9.86. The van der Waals surface area contributed by atoms with Crippen molar-refractivity contribution in [3.63, 3.8) is 0 Å². The molecule has 2 aromatic carbocycles. The number of imidazole rings is 1. The number of halogens is 4. The number of aromatic nitrogens is 6. The molecule has 10 nitrogen and oxygen atoms in total. The maximum Gasteiger partial charge on any atom is 0.277 e. The van der Waals surface area contributed by atoms with Gasteiger partial charge in [0.15, 0.2) is 15.2 Å². The first-order valence-corrected chi connectivity index (χ1v) is 12.3. The summed E-state index contributed by atoms with van der Waals surface area (Å²) in [5, 5.41) is 1.78. The van der Waals surface area contributed by atoms with E-state index in [4.69, 9.17) is 82.3 Å². The zero-order valence-electron chi connectivity index (χ0n) is 18.2. The fourth-order valence-electron chi connectivity index (χ4n) is 3.33. The number of rotatable bonds is 2. The van der Waals surface area contributed by atoms with Crippen molar-refractivity contribution in [1.82, 2.24) is 29.1 Å². The minimum absolute atomic E-state index is 0.0436. The van der Waals surface area contributed by atoms with Gasteiger partial charge in [0.25, 0.3) is 11.1 Å². The molecule has 7 N–H and O–H groups in total. The maximum absolute atomic E-state index is 11.7. The number of anilines is 2. The van der Waals surface area contributed by atoms with E-state index >= 15 is 0 Å². The Balaban J connectivity index is 0.000000173. The molecule has 0 bridgehead atoms. The Labute approximate surface area is 237 Å². The van der Waals surface area contributed by atoms with Gasteiger partial charge in [-0.3, -0.25) is 28.7 Å². The van der Waals surface area contributed by atoms with Gasteiger partial charge in [0.2, 0.25) is 0 Å². The topological polar surface area (TPSA) is 156 Å². The van der Waals surface area contributed by atoms with Crippen LogP contribution < -0.4 is 22.6 Å². The molecule has 37 heavy (non-hydrogen) atoms. The SMILES string of the molecule is Nc1c(N)n(-c2cc(Cl)cc(Cl)c2)c(=S)[nH]c1=O.O=c1[nH]c(=S)n(-c2cc(Cl)cc(Cl)c2)c2nc[nH]c12. The van der Waals surface area contributed by atoms with E-state index in [1.54, 1.807) is 41.0 Å². The predicted molar refractivity (Wildman–Crippen MR) is 153 cm³/mol. The molecule has 0 spiro atoms. The first kappa shape index (κ1) is 26.9. The maximum atomic E-state index is 11.7. The van der Waals surface area contributed by atoms with Crippen LogP contribution in [-0.4, -0.2) is 29.1 Å². The molecule has 0 saturated carbocycles. The summed E-state index contributed by atoms with van der Waals surface area (Å²) in [7, 11) is 0. The van der Waals surface area contributed by atoms with Crippen molar-refractivity contribution < 1.29 is 0 Å². The van der Waals surface area contributed by atoms with Crippen LogP contribution in [0.4, 0.5) is 11.5 Å². The number of aromatic amines is 3. The molecule has 3 heterocycles. The second kappa shape index (κ2) is 10.7. The average Bonchev–Trinajstić information content (AvgIpc) is 3.27. The molecule has 5 rings (SSSR count). The van der Waals surface area contributed by atoms with Crippen LogP contribution in [0.25, 0.3) is 22.5 Å². The number of hydrogen-bond donors (Lipinski definition) is 5. The van der Waals surface area contributed by atoms with Crippen LogP contribution in [0.5, 0.6) is 0 Å². The normalized spacial score (nSPS) is 10.8. The van der Waals surface area contributed by atoms with E-state index in [0.717, 1.165) is 0 Å². The number of nitrogens with zero attached hydrogens (tertiary/aromatic N) is 3. The molecule has 5 aromatic rings. The third kappa shape index (κ3) is 5.59. The van der Waals surface area contributed by atoms with Gasteiger partial charge in [-0.2, -0.15) is 0 Å². The van der Waals surface area contributed by atoms with Crippen molar-refractivity contribution in [1.29, 1.82) is 0 Å². The largest absolute Gasteiger partial charge is 0.391 e. The van der Waals surface area contributed by atoms with Gasteiger partial charge in [0.1, 0.15) is 17.0 Å². The van der Waals surface area contributed by atoms with Crippen molar-refractivity contribution in [2.75, 3.05) is 11.5 Å². The summed E-state index contributed by atoms with van der Waals surface area (Å²) in [6, 6.07) is 9.78. The zero-order chi connectivity index (χ0) is 27.0. The van der Waals surface area contributed by atoms with Crippen molar-refractivity contribution in [2.45, 2.75) is 0 Å². The highest BCUT2D eigenvalue weighted by Crippen LogP contribution is 2.25. The van der Waals surface area contributed by atoms with Crippen LogP contribution in [-0.2, 0) is 0 Å². The summed E-state index contributed by atoms with van der Waals surface area (Å²) in [6.45, 7) is 0. The Morgan fingerprint density at radius 2 is 1.19 bits per heavy atom. The Kier molecular flexibility index (Phi) is 7.78. The van der Waals surface area contributed by atoms with E-state index in [1.807, 2.05) is 0 Å². The van der Waals surface area contributed by atoms with E-state index < -0.39 is 5.56 Å². The molecule has 16 heteroatoms. The van der Waals surface area contributed by atoms with E-state index in [1.165, 1.54) is 10.9 Å². The Morgan fingerprint density at radius 3 is 1.73 bits per heavy atom. The van der Waals surface area contributed by atoms with E-state index in [9.17, 15) is 9.59 Å². The standard InChI is InChI=1S/C11H6Cl2N4OS.C10H8Cl2N4OS/c12-5-1-6(13)3-7(2-5)17-9-8(14-4-15-9)10(18)16-11(17)19;11-4-1-5(12)3-6(2-4)16-8(14)7(13)9(17)15-10(16)18/h1-4H,(H,14,15)(H,16,18,19);1-3H,13-14H2,(H,15,17,18). The number of benzene rings is 2. The number of hydrogen-bond acceptors (Lipinski definition) is 7. The highest BCUT2D eigenvalue weighted by Gasteiger charge is 2.11. The lowest BCUT2D eigenvalue weighted by Crippen LogP contribution is -2.20. The van der Waals surface area contributed by atoms with Crippen molar-refractivity contribution >= 4 is 93.5 Å². The summed E-state index contributed by atoms with van der Waals surface area (Å²) < 4.78 is 3.33. The molecule has 0 unspecified atom stereocenters. The molecule has 0 radical (unpaired) electrons. The number of nitrogens with two attached hydrogens (primary N) is 2. The van der Waals surface area contributed by atoms with Crippen LogP contribution in [0.3, 0.4) is 0 Å². The van der Waals surface area contributed by atoms with Crippen LogP contribution in [0.15, 0.2) is 52.3 Å². The summed E-state index contributed by atoms with van der Waals surface area (Å²) in [5.41, 5.74) is 12.3. The summed E-state index contributed by atoms with van der Waals surface area (Å²) >= 11 is 34.0. The molecule has 0 aliphatic heterocycles. The smallest absolute Gasteiger partial charge is 0.277 e. The van der Waals surface area contributed by atoms with Crippen molar-refractivity contribution in [3.05, 3.63) is 93.1 Å². The van der Waals surface area contributed by atoms with E-state index in [2.05, 4.69) is 19.9 Å². The van der Waals surface area contributed by atoms with Gasteiger partial charge in [-0.25, -0.2) is 4.98 Å². The Bertz CT molecular complexity index is 1870. The third-order valence-electron chi connectivity index (χ3n) is 4.88. The lowest BCUT2D eigenvalue weighted by atomic mass is 10.3. The molecule has 0 aliphatic carbocycles. The fraction of sp³-hybridized carbons (Fsp3) is 0. The summed E-state index contributed by atoms with van der Waals surface area (Å²) in [5.74, 6) is 0.0436. The van der Waals surface area contributed by atoms with Crippen LogP contribution in [0, 0.1) is 9.54 Å². The number of nitrogen functional groups attached to an aromatic ring is 2. The minimum atomic E-state index is -0.526. The minimum Gasteiger partial charge on any atom is -0.391 e. The summed E-state index contributed by atoms with van der Waals surface area (Å²) in [4.78, 5) is 35.0. The van der Waals surface area contributed by atoms with Crippen LogP contribution >= 0.6 is 70.8 Å². The number of nitrogens with one attached hydrogen (secondary N) is 3. The first-order valence-electron chi connectivity index (χ1n) is 9.98. The molecule has 0 amide bonds. The average molecular weight is 616 g/mol. The number of fused-ring (bicyclic) bond motifs is 1. The molecule has 0 aliphatic rings. The lowest BCUT2D eigenvalue weighted by molar-refractivity contribution is 0.955. The van der Waals surface area contributed by atoms with Crippen LogP contribution in [0.1, 0.15) is 0 Å². The van der Waals surface area contributed by atoms with Gasteiger partial charge in [-0.1, -0.05) is 46.4 Å². The Hall–Kier alpha value is -3.13. The van der Waals surface area contributed by atoms with E-state index in [-0.39, 0.29) is 26.6 Å². The lowest BCUT2D eigenvalue weighted by Gasteiger charge is -2.12. The molecule has 190 valence electrons. The van der Waals surface area contributed by atoms with Gasteiger partial charge >= 0.3 is 0 Å². The van der Waals surface area contributed by atoms with Gasteiger partial charge < -0.3 is 16.5 Å². The molecule has 0 fully saturated rings. The predicted octanol–water partition coefficient (Wildman–Crippen LogP) is 5.44. The third-order valence-corrected chi connectivity index (χ3v) is 6.32. The highest BCUT2D eigenvalue weighted by atomic mass is 35.5. The highest BCUT2D eigenvalue weighted by molar-refractivity contribution is 7.71. The number of H-pyrrole nitrogens is 3. The zero-order valence-corrected chi connectivity index (χ0v) is 22.8. The molecule has 3 aromatic heterocycles. The van der Waals surface area contributed by atoms with Gasteiger partial charge in [-0.05, 0) is 60.8 Å². The summed E-state index contributed by atoms with van der Waals surface area (Å²) in [6.07, 6.45) is 1.43. The molecular weight excluding hydrogens is 602 g/mol. The first-order chi connectivity index (χ1) is 17.5. The van der Waals surface area contributed by atoms with Crippen molar-refractivity contribution in [2.24, 2.45) is 0 Å². The van der Waals surface area contributed by atoms with Crippen molar-refractivity contribution in [3.8, 4) is 11.4 Å². The van der Waals surface area contributed by atoms with Gasteiger partial charge in [-0.15, -0.1) is 0 Å². The monoisotopic (exact) mass is 614 g/mol. The Morgan fingerprint density at radius 1 is 0.730 bits per heavy atom. The second-order valence-electron chi connectivity index (χ2n) is 7.34.